The summed E-state index contributed by atoms with van der Waals surface area (Å²) in [5, 5.41) is 3.07. The molecule has 0 spiro atoms. The molecule has 76 valence electrons. The van der Waals surface area contributed by atoms with Gasteiger partial charge in [0, 0.05) is 19.1 Å². The van der Waals surface area contributed by atoms with Gasteiger partial charge in [0.15, 0.2) is 0 Å². The van der Waals surface area contributed by atoms with Crippen LogP contribution in [0.5, 0.6) is 0 Å². The summed E-state index contributed by atoms with van der Waals surface area (Å²) in [6, 6.07) is 0.194. The predicted octanol–water partition coefficient (Wildman–Crippen LogP) is 1.02. The van der Waals surface area contributed by atoms with Crippen LogP contribution in [0.25, 0.3) is 0 Å². The molecule has 0 radical (unpaired) electrons. The Kier molecular flexibility index (Phi) is 6.24. The number of carbonyl (C=O) groups is 1. The highest BCUT2D eigenvalue weighted by molar-refractivity contribution is 5.78. The minimum atomic E-state index is 0.152. The Morgan fingerprint density at radius 3 is 2.46 bits per heavy atom. The number of likely N-dealkylation sites (N-methyl/N-ethyl adjacent to an activating group) is 1. The van der Waals surface area contributed by atoms with E-state index in [0.717, 1.165) is 13.1 Å². The molecule has 1 amide bonds. The van der Waals surface area contributed by atoms with E-state index in [0.29, 0.717) is 6.54 Å². The monoisotopic (exact) mass is 184 g/mol. The summed E-state index contributed by atoms with van der Waals surface area (Å²) in [5.41, 5.74) is 0. The summed E-state index contributed by atoms with van der Waals surface area (Å²) < 4.78 is 0. The van der Waals surface area contributed by atoms with Gasteiger partial charge in [0.1, 0.15) is 0 Å². The first kappa shape index (κ1) is 12.2. The Hall–Kier alpha value is -0.830. The minimum Gasteiger partial charge on any atom is -0.342 e. The van der Waals surface area contributed by atoms with Crippen molar-refractivity contribution in [2.45, 2.75) is 26.8 Å². The summed E-state index contributed by atoms with van der Waals surface area (Å²) in [4.78, 5) is 13.3. The predicted molar refractivity (Wildman–Crippen MR) is 55.6 cm³/mol. The molecular formula is C10H20N2O. The summed E-state index contributed by atoms with van der Waals surface area (Å²) >= 11 is 0. The molecule has 0 aromatic heterocycles. The number of hydrogen-bond acceptors (Lipinski definition) is 2. The molecule has 0 rings (SSSR count). The third-order valence-electron chi connectivity index (χ3n) is 2.04. The number of rotatable bonds is 6. The molecule has 0 bridgehead atoms. The highest BCUT2D eigenvalue weighted by Crippen LogP contribution is 1.88. The van der Waals surface area contributed by atoms with Gasteiger partial charge in [-0.1, -0.05) is 6.08 Å². The van der Waals surface area contributed by atoms with Crippen molar-refractivity contribution in [2.75, 3.05) is 19.6 Å². The Bertz CT molecular complexity index is 164. The Labute approximate surface area is 80.8 Å². The van der Waals surface area contributed by atoms with Crippen molar-refractivity contribution in [3.63, 3.8) is 0 Å². The second kappa shape index (κ2) is 6.66. The molecule has 0 aliphatic heterocycles. The first-order chi connectivity index (χ1) is 6.15. The molecule has 0 saturated heterocycles. The van der Waals surface area contributed by atoms with Crippen LogP contribution in [-0.4, -0.2) is 36.5 Å². The second-order valence-corrected chi connectivity index (χ2v) is 2.97. The van der Waals surface area contributed by atoms with E-state index in [-0.39, 0.29) is 11.9 Å². The van der Waals surface area contributed by atoms with Crippen LogP contribution in [0.15, 0.2) is 12.7 Å². The highest BCUT2D eigenvalue weighted by atomic mass is 16.2. The highest BCUT2D eigenvalue weighted by Gasteiger charge is 2.08. The fraction of sp³-hybridized carbons (Fsp3) is 0.700. The van der Waals surface area contributed by atoms with E-state index < -0.39 is 0 Å². The van der Waals surface area contributed by atoms with Gasteiger partial charge in [0.2, 0.25) is 5.91 Å². The number of nitrogens with zero attached hydrogens (tertiary/aromatic N) is 1. The normalized spacial score (nSPS) is 12.2. The molecule has 3 nitrogen and oxygen atoms in total. The number of hydrogen-bond donors (Lipinski definition) is 1. The number of carbonyl (C=O) groups excluding carboxylic acids is 1. The van der Waals surface area contributed by atoms with Crippen LogP contribution >= 0.6 is 0 Å². The van der Waals surface area contributed by atoms with Crippen molar-refractivity contribution in [1.82, 2.24) is 10.2 Å². The van der Waals surface area contributed by atoms with E-state index >= 15 is 0 Å². The fourth-order valence-electron chi connectivity index (χ4n) is 1.02. The van der Waals surface area contributed by atoms with Crippen LogP contribution < -0.4 is 5.32 Å². The van der Waals surface area contributed by atoms with Crippen LogP contribution in [0.2, 0.25) is 0 Å². The van der Waals surface area contributed by atoms with Crippen molar-refractivity contribution < 1.29 is 4.79 Å². The van der Waals surface area contributed by atoms with Gasteiger partial charge < -0.3 is 10.2 Å². The molecule has 0 aliphatic rings. The minimum absolute atomic E-state index is 0.152. The zero-order valence-electron chi connectivity index (χ0n) is 8.84. The van der Waals surface area contributed by atoms with Crippen molar-refractivity contribution in [1.29, 1.82) is 0 Å². The second-order valence-electron chi connectivity index (χ2n) is 2.97. The van der Waals surface area contributed by atoms with Gasteiger partial charge in [0.25, 0.3) is 0 Å². The van der Waals surface area contributed by atoms with Crippen LogP contribution in [0.4, 0.5) is 0 Å². The smallest absolute Gasteiger partial charge is 0.236 e. The quantitative estimate of drug-likeness (QED) is 0.625. The molecule has 0 saturated carbocycles. The summed E-state index contributed by atoms with van der Waals surface area (Å²) in [6.07, 6.45) is 1.79. The molecule has 0 aromatic carbocycles. The lowest BCUT2D eigenvalue weighted by Gasteiger charge is -2.19. The molecule has 0 fully saturated rings. The maximum absolute atomic E-state index is 11.5. The molecular weight excluding hydrogens is 164 g/mol. The Morgan fingerprint density at radius 1 is 1.54 bits per heavy atom. The molecule has 1 unspecified atom stereocenters. The first-order valence-electron chi connectivity index (χ1n) is 4.79. The molecule has 0 aromatic rings. The SMILES string of the molecule is C=CC(C)NCC(=O)N(CC)CC. The van der Waals surface area contributed by atoms with Crippen molar-refractivity contribution >= 4 is 5.91 Å². The van der Waals surface area contributed by atoms with Crippen LogP contribution in [0, 0.1) is 0 Å². The number of amides is 1. The molecule has 0 heterocycles. The van der Waals surface area contributed by atoms with Gasteiger partial charge in [-0.25, -0.2) is 0 Å². The summed E-state index contributed by atoms with van der Waals surface area (Å²) in [7, 11) is 0. The van der Waals surface area contributed by atoms with Crippen LogP contribution in [-0.2, 0) is 4.79 Å². The Morgan fingerprint density at radius 2 is 2.08 bits per heavy atom. The van der Waals surface area contributed by atoms with Gasteiger partial charge >= 0.3 is 0 Å². The lowest BCUT2D eigenvalue weighted by atomic mass is 10.3. The van der Waals surface area contributed by atoms with Gasteiger partial charge in [-0.3, -0.25) is 4.79 Å². The average molecular weight is 184 g/mol. The molecule has 1 atom stereocenters. The third kappa shape index (κ3) is 4.68. The van der Waals surface area contributed by atoms with Crippen molar-refractivity contribution in [3.05, 3.63) is 12.7 Å². The fourth-order valence-corrected chi connectivity index (χ4v) is 1.02. The van der Waals surface area contributed by atoms with Gasteiger partial charge in [0.05, 0.1) is 6.54 Å². The van der Waals surface area contributed by atoms with E-state index in [1.807, 2.05) is 25.7 Å². The molecule has 13 heavy (non-hydrogen) atoms. The maximum atomic E-state index is 11.5. The molecule has 0 aliphatic carbocycles. The largest absolute Gasteiger partial charge is 0.342 e. The van der Waals surface area contributed by atoms with E-state index in [1.54, 1.807) is 6.08 Å². The lowest BCUT2D eigenvalue weighted by molar-refractivity contribution is -0.129. The van der Waals surface area contributed by atoms with E-state index in [1.165, 1.54) is 0 Å². The Balaban J connectivity index is 3.78. The standard InChI is InChI=1S/C10H20N2O/c1-5-9(4)11-8-10(13)12(6-2)7-3/h5,9,11H,1,6-8H2,2-4H3. The van der Waals surface area contributed by atoms with Crippen molar-refractivity contribution in [2.24, 2.45) is 0 Å². The van der Waals surface area contributed by atoms with Crippen LogP contribution in [0.1, 0.15) is 20.8 Å². The van der Waals surface area contributed by atoms with Crippen molar-refractivity contribution in [3.8, 4) is 0 Å². The maximum Gasteiger partial charge on any atom is 0.236 e. The lowest BCUT2D eigenvalue weighted by Crippen LogP contribution is -2.40. The summed E-state index contributed by atoms with van der Waals surface area (Å²) in [5.74, 6) is 0.152. The van der Waals surface area contributed by atoms with Gasteiger partial charge in [-0.15, -0.1) is 6.58 Å². The average Bonchev–Trinajstić information content (AvgIpc) is 2.16. The number of nitrogens with one attached hydrogen (secondary N) is 1. The zero-order valence-corrected chi connectivity index (χ0v) is 8.84. The van der Waals surface area contributed by atoms with Gasteiger partial charge in [-0.2, -0.15) is 0 Å². The molecule has 1 N–H and O–H groups in total. The topological polar surface area (TPSA) is 32.3 Å². The van der Waals surface area contributed by atoms with E-state index in [2.05, 4.69) is 11.9 Å². The van der Waals surface area contributed by atoms with E-state index in [9.17, 15) is 4.79 Å². The summed E-state index contributed by atoms with van der Waals surface area (Å²) in [6.45, 7) is 11.5. The zero-order chi connectivity index (χ0) is 10.3. The van der Waals surface area contributed by atoms with E-state index in [4.69, 9.17) is 0 Å². The van der Waals surface area contributed by atoms with Crippen LogP contribution in [0.3, 0.4) is 0 Å². The first-order valence-corrected chi connectivity index (χ1v) is 4.79. The molecule has 3 heteroatoms. The van der Waals surface area contributed by atoms with Gasteiger partial charge in [-0.05, 0) is 20.8 Å². The third-order valence-corrected chi connectivity index (χ3v) is 2.04.